The van der Waals surface area contributed by atoms with Gasteiger partial charge in [0.05, 0.1) is 5.69 Å². The summed E-state index contributed by atoms with van der Waals surface area (Å²) in [6, 6.07) is 7.84. The van der Waals surface area contributed by atoms with Crippen LogP contribution in [-0.4, -0.2) is 21.1 Å². The first kappa shape index (κ1) is 18.5. The summed E-state index contributed by atoms with van der Waals surface area (Å²) in [4.78, 5) is 17.5. The van der Waals surface area contributed by atoms with Crippen molar-refractivity contribution in [3.05, 3.63) is 50.4 Å². The molecule has 2 heterocycles. The number of nitrogens with zero attached hydrogens (tertiary/aromatic N) is 3. The Morgan fingerprint density at radius 3 is 2.62 bits per heavy atom. The van der Waals surface area contributed by atoms with Crippen molar-refractivity contribution in [3.63, 3.8) is 0 Å². The SMILES string of the molecule is CCCc1nnc(NC(=O)c2sc(COc3ccc(C)cc3)nc2C)s1. The third-order valence-corrected chi connectivity index (χ3v) is 5.61. The number of aryl methyl sites for hydroxylation is 3. The Bertz CT molecular complexity index is 887. The molecule has 0 spiro atoms. The molecule has 0 aliphatic carbocycles. The first-order chi connectivity index (χ1) is 12.5. The predicted octanol–water partition coefficient (Wildman–Crippen LogP) is 4.40. The van der Waals surface area contributed by atoms with Crippen LogP contribution in [0.2, 0.25) is 0 Å². The molecule has 0 saturated heterocycles. The highest BCUT2D eigenvalue weighted by Crippen LogP contribution is 2.23. The maximum Gasteiger partial charge on any atom is 0.269 e. The summed E-state index contributed by atoms with van der Waals surface area (Å²) in [5, 5.41) is 13.1. The zero-order chi connectivity index (χ0) is 18.5. The van der Waals surface area contributed by atoms with Gasteiger partial charge >= 0.3 is 0 Å². The predicted molar refractivity (Wildman–Crippen MR) is 104 cm³/mol. The number of carbonyl (C=O) groups excluding carboxylic acids is 1. The molecule has 6 nitrogen and oxygen atoms in total. The minimum absolute atomic E-state index is 0.208. The molecule has 8 heteroatoms. The summed E-state index contributed by atoms with van der Waals surface area (Å²) in [6.07, 6.45) is 1.87. The molecule has 0 saturated carbocycles. The minimum atomic E-state index is -0.208. The summed E-state index contributed by atoms with van der Waals surface area (Å²) in [7, 11) is 0. The van der Waals surface area contributed by atoms with Gasteiger partial charge in [-0.1, -0.05) is 36.0 Å². The van der Waals surface area contributed by atoms with E-state index in [1.165, 1.54) is 28.2 Å². The smallest absolute Gasteiger partial charge is 0.269 e. The Labute approximate surface area is 160 Å². The zero-order valence-corrected chi connectivity index (χ0v) is 16.5. The highest BCUT2D eigenvalue weighted by molar-refractivity contribution is 7.16. The van der Waals surface area contributed by atoms with Crippen LogP contribution in [0, 0.1) is 13.8 Å². The molecule has 1 aromatic carbocycles. The molecule has 1 N–H and O–H groups in total. The monoisotopic (exact) mass is 388 g/mol. The van der Waals surface area contributed by atoms with Gasteiger partial charge in [-0.05, 0) is 32.4 Å². The van der Waals surface area contributed by atoms with Crippen molar-refractivity contribution < 1.29 is 9.53 Å². The van der Waals surface area contributed by atoms with Gasteiger partial charge in [0.2, 0.25) is 5.13 Å². The van der Waals surface area contributed by atoms with E-state index in [1.807, 2.05) is 38.1 Å². The van der Waals surface area contributed by atoms with Crippen molar-refractivity contribution in [2.24, 2.45) is 0 Å². The Morgan fingerprint density at radius 1 is 1.12 bits per heavy atom. The Morgan fingerprint density at radius 2 is 1.88 bits per heavy atom. The van der Waals surface area contributed by atoms with Gasteiger partial charge in [-0.25, -0.2) is 4.98 Å². The molecule has 0 bridgehead atoms. The standard InChI is InChI=1S/C18H20N4O2S2/c1-4-5-14-21-22-18(26-14)20-17(23)16-12(3)19-15(25-16)10-24-13-8-6-11(2)7-9-13/h6-9H,4-5,10H2,1-3H3,(H,20,22,23). The van der Waals surface area contributed by atoms with E-state index in [0.717, 1.165) is 28.6 Å². The number of aromatic nitrogens is 3. The van der Waals surface area contributed by atoms with Crippen LogP contribution in [0.5, 0.6) is 5.75 Å². The number of amides is 1. The van der Waals surface area contributed by atoms with E-state index < -0.39 is 0 Å². The van der Waals surface area contributed by atoms with Crippen molar-refractivity contribution in [3.8, 4) is 5.75 Å². The fraction of sp³-hybridized carbons (Fsp3) is 0.333. The van der Waals surface area contributed by atoms with E-state index in [-0.39, 0.29) is 5.91 Å². The fourth-order valence-corrected chi connectivity index (χ4v) is 3.99. The number of ether oxygens (including phenoxy) is 1. The number of carbonyl (C=O) groups is 1. The third kappa shape index (κ3) is 4.64. The molecule has 2 aromatic heterocycles. The van der Waals surface area contributed by atoms with Crippen LogP contribution in [0.4, 0.5) is 5.13 Å². The Kier molecular flexibility index (Phi) is 5.95. The molecule has 3 rings (SSSR count). The molecule has 26 heavy (non-hydrogen) atoms. The quantitative estimate of drug-likeness (QED) is 0.649. The lowest BCUT2D eigenvalue weighted by Gasteiger charge is -2.03. The summed E-state index contributed by atoms with van der Waals surface area (Å²) in [6.45, 7) is 6.27. The number of hydrogen-bond acceptors (Lipinski definition) is 7. The maximum atomic E-state index is 12.5. The number of nitrogens with one attached hydrogen (secondary N) is 1. The van der Waals surface area contributed by atoms with Gasteiger partial charge < -0.3 is 4.74 Å². The molecule has 136 valence electrons. The van der Waals surface area contributed by atoms with E-state index in [1.54, 1.807) is 0 Å². The number of benzene rings is 1. The van der Waals surface area contributed by atoms with Crippen LogP contribution >= 0.6 is 22.7 Å². The molecule has 0 radical (unpaired) electrons. The van der Waals surface area contributed by atoms with Crippen LogP contribution < -0.4 is 10.1 Å². The Hall–Kier alpha value is -2.32. The molecule has 1 amide bonds. The van der Waals surface area contributed by atoms with Crippen LogP contribution in [0.1, 0.15) is 44.3 Å². The van der Waals surface area contributed by atoms with Gasteiger partial charge in [-0.15, -0.1) is 21.5 Å². The molecular weight excluding hydrogens is 368 g/mol. The second-order valence-corrected chi connectivity index (χ2v) is 7.97. The summed E-state index contributed by atoms with van der Waals surface area (Å²) in [5.74, 6) is 0.576. The molecular formula is C18H20N4O2S2. The van der Waals surface area contributed by atoms with Gasteiger partial charge in [-0.3, -0.25) is 10.1 Å². The van der Waals surface area contributed by atoms with Crippen LogP contribution in [0.15, 0.2) is 24.3 Å². The first-order valence-corrected chi connectivity index (χ1v) is 9.98. The van der Waals surface area contributed by atoms with Crippen molar-refractivity contribution in [1.82, 2.24) is 15.2 Å². The highest BCUT2D eigenvalue weighted by Gasteiger charge is 2.17. The summed E-state index contributed by atoms with van der Waals surface area (Å²) < 4.78 is 5.74. The van der Waals surface area contributed by atoms with Gasteiger partial charge in [0, 0.05) is 6.42 Å². The van der Waals surface area contributed by atoms with Gasteiger partial charge in [0.15, 0.2) is 0 Å². The van der Waals surface area contributed by atoms with Crippen molar-refractivity contribution in [1.29, 1.82) is 0 Å². The van der Waals surface area contributed by atoms with E-state index in [4.69, 9.17) is 4.74 Å². The third-order valence-electron chi connectivity index (χ3n) is 3.58. The number of anilines is 1. The Balaban J connectivity index is 1.62. The van der Waals surface area contributed by atoms with Crippen molar-refractivity contribution in [2.45, 2.75) is 40.2 Å². The van der Waals surface area contributed by atoms with E-state index in [2.05, 4.69) is 27.4 Å². The van der Waals surface area contributed by atoms with Crippen LogP contribution in [0.25, 0.3) is 0 Å². The number of hydrogen-bond donors (Lipinski definition) is 1. The topological polar surface area (TPSA) is 77.0 Å². The summed E-state index contributed by atoms with van der Waals surface area (Å²) in [5.41, 5.74) is 1.87. The first-order valence-electron chi connectivity index (χ1n) is 8.34. The lowest BCUT2D eigenvalue weighted by Crippen LogP contribution is -2.11. The van der Waals surface area contributed by atoms with E-state index >= 15 is 0 Å². The van der Waals surface area contributed by atoms with Gasteiger partial charge in [-0.2, -0.15) is 0 Å². The zero-order valence-electron chi connectivity index (χ0n) is 14.9. The molecule has 0 fully saturated rings. The summed E-state index contributed by atoms with van der Waals surface area (Å²) >= 11 is 2.74. The van der Waals surface area contributed by atoms with Gasteiger partial charge in [0.25, 0.3) is 5.91 Å². The van der Waals surface area contributed by atoms with Crippen LogP contribution in [0.3, 0.4) is 0 Å². The largest absolute Gasteiger partial charge is 0.486 e. The normalized spacial score (nSPS) is 10.7. The molecule has 0 unspecified atom stereocenters. The van der Waals surface area contributed by atoms with E-state index in [0.29, 0.717) is 22.3 Å². The van der Waals surface area contributed by atoms with E-state index in [9.17, 15) is 4.79 Å². The average molecular weight is 389 g/mol. The average Bonchev–Trinajstić information content (AvgIpc) is 3.21. The second-order valence-electron chi connectivity index (χ2n) is 5.83. The molecule has 3 aromatic rings. The lowest BCUT2D eigenvalue weighted by atomic mass is 10.2. The number of thiazole rings is 1. The lowest BCUT2D eigenvalue weighted by molar-refractivity contribution is 0.102. The molecule has 0 aliphatic heterocycles. The maximum absolute atomic E-state index is 12.5. The molecule has 0 aliphatic rings. The number of rotatable bonds is 7. The van der Waals surface area contributed by atoms with Crippen molar-refractivity contribution in [2.75, 3.05) is 5.32 Å². The van der Waals surface area contributed by atoms with Crippen LogP contribution in [-0.2, 0) is 13.0 Å². The highest BCUT2D eigenvalue weighted by atomic mass is 32.1. The minimum Gasteiger partial charge on any atom is -0.486 e. The molecule has 0 atom stereocenters. The fourth-order valence-electron chi connectivity index (χ4n) is 2.28. The second kappa shape index (κ2) is 8.37. The van der Waals surface area contributed by atoms with Gasteiger partial charge in [0.1, 0.15) is 27.2 Å². The van der Waals surface area contributed by atoms with Crippen molar-refractivity contribution >= 4 is 33.7 Å².